The Morgan fingerprint density at radius 2 is 2.15 bits per heavy atom. The lowest BCUT2D eigenvalue weighted by Crippen LogP contribution is -2.23. The molecular weight excluding hydrogens is 338 g/mol. The molecule has 0 unspecified atom stereocenters. The molecule has 0 fully saturated rings. The Hall–Kier alpha value is -2.49. The summed E-state index contributed by atoms with van der Waals surface area (Å²) in [6.07, 6.45) is 11.6. The van der Waals surface area contributed by atoms with Gasteiger partial charge in [0, 0.05) is 29.1 Å². The fourth-order valence-corrected chi connectivity index (χ4v) is 3.80. The maximum atomic E-state index is 12.4. The number of carbonyl (C=O) groups is 1. The third kappa shape index (κ3) is 4.26. The van der Waals surface area contributed by atoms with Crippen molar-refractivity contribution in [1.29, 1.82) is 0 Å². The number of ether oxygens (including phenoxy) is 1. The van der Waals surface area contributed by atoms with E-state index in [1.54, 1.807) is 19.4 Å². The van der Waals surface area contributed by atoms with Crippen LogP contribution in [0, 0.1) is 13.8 Å². The van der Waals surface area contributed by atoms with Crippen molar-refractivity contribution in [3.63, 3.8) is 0 Å². The van der Waals surface area contributed by atoms with E-state index in [0.29, 0.717) is 6.54 Å². The zero-order chi connectivity index (χ0) is 19.4. The van der Waals surface area contributed by atoms with Crippen molar-refractivity contribution < 1.29 is 13.9 Å². The fraction of sp³-hybridized carbons (Fsp3) is 0.435. The van der Waals surface area contributed by atoms with Gasteiger partial charge >= 0.3 is 0 Å². The van der Waals surface area contributed by atoms with E-state index in [1.165, 1.54) is 31.3 Å². The average molecular weight is 367 g/mol. The molecule has 0 aliphatic heterocycles. The van der Waals surface area contributed by atoms with Crippen molar-refractivity contribution in [2.24, 2.45) is 0 Å². The van der Waals surface area contributed by atoms with Gasteiger partial charge in [-0.15, -0.1) is 0 Å². The highest BCUT2D eigenvalue weighted by Gasteiger charge is 2.16. The van der Waals surface area contributed by atoms with Crippen molar-refractivity contribution in [2.75, 3.05) is 13.7 Å². The van der Waals surface area contributed by atoms with Gasteiger partial charge in [0.15, 0.2) is 0 Å². The number of amides is 1. The molecule has 0 saturated carbocycles. The molecule has 2 aromatic rings. The molecule has 1 aromatic carbocycles. The Balaban J connectivity index is 1.75. The first-order chi connectivity index (χ1) is 13.0. The van der Waals surface area contributed by atoms with Gasteiger partial charge in [-0.05, 0) is 70.1 Å². The van der Waals surface area contributed by atoms with Gasteiger partial charge in [-0.3, -0.25) is 4.79 Å². The number of carbonyl (C=O) groups excluding carboxylic acids is 1. The highest BCUT2D eigenvalue weighted by molar-refractivity contribution is 5.98. The predicted molar refractivity (Wildman–Crippen MR) is 110 cm³/mol. The van der Waals surface area contributed by atoms with E-state index in [4.69, 9.17) is 9.15 Å². The lowest BCUT2D eigenvalue weighted by atomic mass is 9.97. The van der Waals surface area contributed by atoms with Crippen molar-refractivity contribution in [3.8, 4) is 5.75 Å². The lowest BCUT2D eigenvalue weighted by molar-refractivity contribution is -0.116. The van der Waals surface area contributed by atoms with Gasteiger partial charge in [-0.2, -0.15) is 0 Å². The lowest BCUT2D eigenvalue weighted by Gasteiger charge is -2.14. The number of aryl methyl sites for hydroxylation is 2. The summed E-state index contributed by atoms with van der Waals surface area (Å²) in [5.74, 6) is 0.693. The van der Waals surface area contributed by atoms with E-state index < -0.39 is 0 Å². The summed E-state index contributed by atoms with van der Waals surface area (Å²) < 4.78 is 11.3. The number of fused-ring (bicyclic) bond motifs is 1. The normalized spacial score (nSPS) is 15.0. The SMILES string of the molecule is COc1c(/C(C)=C/C(=O)NCCC2=CCCCC2)cc2c(C)coc2c1C. The quantitative estimate of drug-likeness (QED) is 0.544. The van der Waals surface area contributed by atoms with Crippen LogP contribution in [0.15, 0.2) is 34.5 Å². The average Bonchev–Trinajstić information content (AvgIpc) is 3.03. The second kappa shape index (κ2) is 8.47. The molecule has 4 heteroatoms. The molecular formula is C23H29NO3. The van der Waals surface area contributed by atoms with Gasteiger partial charge < -0.3 is 14.5 Å². The topological polar surface area (TPSA) is 51.5 Å². The summed E-state index contributed by atoms with van der Waals surface area (Å²) in [6, 6.07) is 2.05. The van der Waals surface area contributed by atoms with Crippen molar-refractivity contribution in [1.82, 2.24) is 5.32 Å². The molecule has 1 aliphatic rings. The van der Waals surface area contributed by atoms with E-state index >= 15 is 0 Å². The monoisotopic (exact) mass is 367 g/mol. The third-order valence-corrected chi connectivity index (χ3v) is 5.34. The summed E-state index contributed by atoms with van der Waals surface area (Å²) in [7, 11) is 1.65. The summed E-state index contributed by atoms with van der Waals surface area (Å²) in [6.45, 7) is 6.64. The number of furan rings is 1. The van der Waals surface area contributed by atoms with Gasteiger partial charge in [-0.1, -0.05) is 11.6 Å². The van der Waals surface area contributed by atoms with Gasteiger partial charge in [0.2, 0.25) is 5.91 Å². The molecule has 3 rings (SSSR count). The summed E-state index contributed by atoms with van der Waals surface area (Å²) in [4.78, 5) is 12.4. The van der Waals surface area contributed by atoms with E-state index in [1.807, 2.05) is 26.8 Å². The van der Waals surface area contributed by atoms with E-state index in [9.17, 15) is 4.79 Å². The van der Waals surface area contributed by atoms with Crippen LogP contribution in [0.3, 0.4) is 0 Å². The van der Waals surface area contributed by atoms with Crippen molar-refractivity contribution in [2.45, 2.75) is 52.9 Å². The minimum absolute atomic E-state index is 0.0624. The molecule has 0 bridgehead atoms. The number of hydrogen-bond donors (Lipinski definition) is 1. The maximum Gasteiger partial charge on any atom is 0.244 e. The molecule has 144 valence electrons. The number of rotatable bonds is 6. The van der Waals surface area contributed by atoms with Crippen LogP contribution in [-0.4, -0.2) is 19.6 Å². The van der Waals surface area contributed by atoms with Crippen LogP contribution in [0.4, 0.5) is 0 Å². The second-order valence-corrected chi connectivity index (χ2v) is 7.35. The number of methoxy groups -OCH3 is 1. The number of nitrogens with one attached hydrogen (secondary N) is 1. The Morgan fingerprint density at radius 1 is 1.33 bits per heavy atom. The highest BCUT2D eigenvalue weighted by Crippen LogP contribution is 2.37. The van der Waals surface area contributed by atoms with Crippen LogP contribution in [0.1, 0.15) is 55.7 Å². The molecule has 27 heavy (non-hydrogen) atoms. The standard InChI is InChI=1S/C23H29NO3/c1-15(12-21(25)24-11-10-18-8-6-5-7-9-18)19-13-20-16(2)14-27-23(20)17(3)22(19)26-4/h8,12-14H,5-7,9-11H2,1-4H3,(H,24,25)/b15-12+. The van der Waals surface area contributed by atoms with Crippen LogP contribution in [0.25, 0.3) is 16.5 Å². The Labute approximate surface area is 161 Å². The Bertz CT molecular complexity index is 902. The molecule has 1 aromatic heterocycles. The smallest absolute Gasteiger partial charge is 0.244 e. The molecule has 4 nitrogen and oxygen atoms in total. The second-order valence-electron chi connectivity index (χ2n) is 7.35. The van der Waals surface area contributed by atoms with E-state index in [-0.39, 0.29) is 5.91 Å². The van der Waals surface area contributed by atoms with E-state index in [0.717, 1.165) is 45.4 Å². The number of hydrogen-bond acceptors (Lipinski definition) is 3. The molecule has 1 N–H and O–H groups in total. The molecule has 0 radical (unpaired) electrons. The zero-order valence-electron chi connectivity index (χ0n) is 16.8. The number of allylic oxidation sites excluding steroid dienone is 2. The minimum Gasteiger partial charge on any atom is -0.496 e. The summed E-state index contributed by atoms with van der Waals surface area (Å²) in [5, 5.41) is 4.07. The van der Waals surface area contributed by atoms with Gasteiger partial charge in [-0.25, -0.2) is 0 Å². The molecule has 0 spiro atoms. The maximum absolute atomic E-state index is 12.4. The minimum atomic E-state index is -0.0624. The molecule has 1 aliphatic carbocycles. The van der Waals surface area contributed by atoms with Crippen LogP contribution in [-0.2, 0) is 4.79 Å². The predicted octanol–water partition coefficient (Wildman–Crippen LogP) is 5.47. The fourth-order valence-electron chi connectivity index (χ4n) is 3.80. The highest BCUT2D eigenvalue weighted by atomic mass is 16.5. The zero-order valence-corrected chi connectivity index (χ0v) is 16.8. The molecule has 1 heterocycles. The molecule has 0 atom stereocenters. The van der Waals surface area contributed by atoms with Crippen LogP contribution < -0.4 is 10.1 Å². The van der Waals surface area contributed by atoms with Crippen molar-refractivity contribution in [3.05, 3.63) is 46.7 Å². The van der Waals surface area contributed by atoms with Crippen molar-refractivity contribution >= 4 is 22.4 Å². The first-order valence-electron chi connectivity index (χ1n) is 9.71. The van der Waals surface area contributed by atoms with Crippen LogP contribution in [0.5, 0.6) is 5.75 Å². The Morgan fingerprint density at radius 3 is 2.85 bits per heavy atom. The first-order valence-corrected chi connectivity index (χ1v) is 9.71. The van der Waals surface area contributed by atoms with Gasteiger partial charge in [0.1, 0.15) is 11.3 Å². The summed E-state index contributed by atoms with van der Waals surface area (Å²) in [5.41, 5.74) is 6.15. The molecule has 1 amide bonds. The third-order valence-electron chi connectivity index (χ3n) is 5.34. The first kappa shape index (κ1) is 19.3. The van der Waals surface area contributed by atoms with Gasteiger partial charge in [0.25, 0.3) is 0 Å². The molecule has 0 saturated heterocycles. The van der Waals surface area contributed by atoms with E-state index in [2.05, 4.69) is 11.4 Å². The number of benzene rings is 1. The van der Waals surface area contributed by atoms with Gasteiger partial charge in [0.05, 0.1) is 13.4 Å². The van der Waals surface area contributed by atoms with Crippen LogP contribution >= 0.6 is 0 Å². The largest absolute Gasteiger partial charge is 0.496 e. The van der Waals surface area contributed by atoms with Crippen LogP contribution in [0.2, 0.25) is 0 Å². The summed E-state index contributed by atoms with van der Waals surface area (Å²) >= 11 is 0. The Kier molecular flexibility index (Phi) is 6.04.